The predicted octanol–water partition coefficient (Wildman–Crippen LogP) is 2.08. The third-order valence-corrected chi connectivity index (χ3v) is 3.58. The van der Waals surface area contributed by atoms with E-state index in [4.69, 9.17) is 0 Å². The van der Waals surface area contributed by atoms with Crippen LogP contribution in [0.5, 0.6) is 0 Å². The average Bonchev–Trinajstić information content (AvgIpc) is 2.22. The first-order valence-electron chi connectivity index (χ1n) is 5.45. The van der Waals surface area contributed by atoms with Crippen molar-refractivity contribution in [1.82, 2.24) is 10.2 Å². The molecule has 1 atom stereocenters. The molecule has 3 heteroatoms. The number of rotatable bonds is 2. The Balaban J connectivity index is 2.01. The van der Waals surface area contributed by atoms with Crippen LogP contribution in [-0.4, -0.2) is 30.6 Å². The smallest absolute Gasteiger partial charge is 0.0238 e. The lowest BCUT2D eigenvalue weighted by atomic mass is 10.1. The SMILES string of the molecule is C[C@H]1CNCCN1Cc1cccc(I)c1. The number of benzene rings is 1. The molecule has 1 saturated heterocycles. The zero-order chi connectivity index (χ0) is 10.7. The second-order valence-corrected chi connectivity index (χ2v) is 5.40. The van der Waals surface area contributed by atoms with E-state index in [1.807, 2.05) is 0 Å². The van der Waals surface area contributed by atoms with Crippen LogP contribution < -0.4 is 5.32 Å². The van der Waals surface area contributed by atoms with E-state index in [-0.39, 0.29) is 0 Å². The second-order valence-electron chi connectivity index (χ2n) is 4.15. The van der Waals surface area contributed by atoms with Crippen molar-refractivity contribution in [3.05, 3.63) is 33.4 Å². The van der Waals surface area contributed by atoms with Crippen LogP contribution in [0.15, 0.2) is 24.3 Å². The fraction of sp³-hybridized carbons (Fsp3) is 0.500. The molecule has 1 N–H and O–H groups in total. The van der Waals surface area contributed by atoms with Gasteiger partial charge in [0.15, 0.2) is 0 Å². The van der Waals surface area contributed by atoms with Crippen LogP contribution in [-0.2, 0) is 6.54 Å². The van der Waals surface area contributed by atoms with Crippen LogP contribution in [0.25, 0.3) is 0 Å². The Morgan fingerprint density at radius 2 is 2.40 bits per heavy atom. The molecule has 2 rings (SSSR count). The molecule has 0 spiro atoms. The van der Waals surface area contributed by atoms with Crippen LogP contribution in [0.1, 0.15) is 12.5 Å². The highest BCUT2D eigenvalue weighted by Gasteiger charge is 2.17. The molecule has 0 saturated carbocycles. The minimum absolute atomic E-state index is 0.650. The fourth-order valence-corrected chi connectivity index (χ4v) is 2.60. The second kappa shape index (κ2) is 5.27. The van der Waals surface area contributed by atoms with Crippen molar-refractivity contribution in [2.24, 2.45) is 0 Å². The number of nitrogens with zero attached hydrogens (tertiary/aromatic N) is 1. The molecule has 0 radical (unpaired) electrons. The van der Waals surface area contributed by atoms with Crippen molar-refractivity contribution < 1.29 is 0 Å². The third kappa shape index (κ3) is 3.16. The Morgan fingerprint density at radius 1 is 1.53 bits per heavy atom. The summed E-state index contributed by atoms with van der Waals surface area (Å²) in [5.74, 6) is 0. The van der Waals surface area contributed by atoms with Gasteiger partial charge in [-0.05, 0) is 47.2 Å². The van der Waals surface area contributed by atoms with Gasteiger partial charge in [0.1, 0.15) is 0 Å². The molecule has 2 nitrogen and oxygen atoms in total. The summed E-state index contributed by atoms with van der Waals surface area (Å²) < 4.78 is 1.33. The summed E-state index contributed by atoms with van der Waals surface area (Å²) in [7, 11) is 0. The minimum Gasteiger partial charge on any atom is -0.314 e. The van der Waals surface area contributed by atoms with E-state index in [0.29, 0.717) is 6.04 Å². The quantitative estimate of drug-likeness (QED) is 0.841. The Morgan fingerprint density at radius 3 is 3.13 bits per heavy atom. The average molecular weight is 316 g/mol. The van der Waals surface area contributed by atoms with Gasteiger partial charge in [-0.25, -0.2) is 0 Å². The number of halogens is 1. The summed E-state index contributed by atoms with van der Waals surface area (Å²) in [4.78, 5) is 2.54. The summed E-state index contributed by atoms with van der Waals surface area (Å²) in [6.45, 7) is 6.77. The van der Waals surface area contributed by atoms with Gasteiger partial charge in [0.2, 0.25) is 0 Å². The molecule has 0 amide bonds. The molecule has 0 unspecified atom stereocenters. The van der Waals surface area contributed by atoms with Crippen LogP contribution in [0.2, 0.25) is 0 Å². The van der Waals surface area contributed by atoms with E-state index in [1.54, 1.807) is 0 Å². The van der Waals surface area contributed by atoms with E-state index < -0.39 is 0 Å². The molecule has 1 aromatic rings. The molecule has 0 bridgehead atoms. The number of hydrogen-bond acceptors (Lipinski definition) is 2. The molecular formula is C12H17IN2. The predicted molar refractivity (Wildman–Crippen MR) is 71.9 cm³/mol. The first-order chi connectivity index (χ1) is 7.25. The van der Waals surface area contributed by atoms with Crippen molar-refractivity contribution in [2.75, 3.05) is 19.6 Å². The van der Waals surface area contributed by atoms with Crippen molar-refractivity contribution in [1.29, 1.82) is 0 Å². The zero-order valence-corrected chi connectivity index (χ0v) is 11.2. The van der Waals surface area contributed by atoms with Gasteiger partial charge in [-0.1, -0.05) is 12.1 Å². The standard InChI is InChI=1S/C12H17IN2/c1-10-8-14-5-6-15(10)9-11-3-2-4-12(13)7-11/h2-4,7,10,14H,5-6,8-9H2,1H3/t10-/m0/s1. The van der Waals surface area contributed by atoms with Crippen LogP contribution in [0.3, 0.4) is 0 Å². The number of hydrogen-bond donors (Lipinski definition) is 1. The minimum atomic E-state index is 0.650. The highest BCUT2D eigenvalue weighted by molar-refractivity contribution is 14.1. The first kappa shape index (κ1) is 11.4. The lowest BCUT2D eigenvalue weighted by Crippen LogP contribution is -2.49. The normalized spacial score (nSPS) is 22.9. The third-order valence-electron chi connectivity index (χ3n) is 2.91. The molecule has 1 aliphatic heterocycles. The molecule has 0 aliphatic carbocycles. The molecular weight excluding hydrogens is 299 g/mol. The number of piperazine rings is 1. The van der Waals surface area contributed by atoms with E-state index in [2.05, 4.69) is 64.0 Å². The first-order valence-corrected chi connectivity index (χ1v) is 6.53. The Kier molecular flexibility index (Phi) is 3.99. The lowest BCUT2D eigenvalue weighted by Gasteiger charge is -2.33. The summed E-state index contributed by atoms with van der Waals surface area (Å²) in [5.41, 5.74) is 1.43. The summed E-state index contributed by atoms with van der Waals surface area (Å²) in [5, 5.41) is 3.42. The maximum Gasteiger partial charge on any atom is 0.0238 e. The molecule has 0 aromatic heterocycles. The van der Waals surface area contributed by atoms with E-state index in [9.17, 15) is 0 Å². The Hall–Kier alpha value is -0.130. The largest absolute Gasteiger partial charge is 0.314 e. The zero-order valence-electron chi connectivity index (χ0n) is 9.04. The van der Waals surface area contributed by atoms with Crippen molar-refractivity contribution >= 4 is 22.6 Å². The van der Waals surface area contributed by atoms with Gasteiger partial charge in [0.05, 0.1) is 0 Å². The summed E-state index contributed by atoms with van der Waals surface area (Å²) in [6.07, 6.45) is 0. The van der Waals surface area contributed by atoms with Crippen LogP contribution in [0.4, 0.5) is 0 Å². The topological polar surface area (TPSA) is 15.3 Å². The molecule has 1 aliphatic rings. The summed E-state index contributed by atoms with van der Waals surface area (Å²) >= 11 is 2.37. The monoisotopic (exact) mass is 316 g/mol. The molecule has 1 heterocycles. The highest BCUT2D eigenvalue weighted by atomic mass is 127. The van der Waals surface area contributed by atoms with Gasteiger partial charge < -0.3 is 5.32 Å². The fourth-order valence-electron chi connectivity index (χ4n) is 1.99. The number of nitrogens with one attached hydrogen (secondary N) is 1. The van der Waals surface area contributed by atoms with Crippen LogP contribution >= 0.6 is 22.6 Å². The maximum absolute atomic E-state index is 3.42. The molecule has 82 valence electrons. The van der Waals surface area contributed by atoms with Crippen molar-refractivity contribution in [3.63, 3.8) is 0 Å². The van der Waals surface area contributed by atoms with Crippen molar-refractivity contribution in [2.45, 2.75) is 19.5 Å². The van der Waals surface area contributed by atoms with Crippen LogP contribution in [0, 0.1) is 3.57 Å². The van der Waals surface area contributed by atoms with Gasteiger partial charge in [-0.3, -0.25) is 4.90 Å². The van der Waals surface area contributed by atoms with Gasteiger partial charge in [-0.15, -0.1) is 0 Å². The Bertz CT molecular complexity index is 327. The van der Waals surface area contributed by atoms with Gasteiger partial charge in [-0.2, -0.15) is 0 Å². The van der Waals surface area contributed by atoms with Crippen molar-refractivity contribution in [3.8, 4) is 0 Å². The molecule has 15 heavy (non-hydrogen) atoms. The molecule has 1 aromatic carbocycles. The lowest BCUT2D eigenvalue weighted by molar-refractivity contribution is 0.165. The van der Waals surface area contributed by atoms with E-state index in [1.165, 1.54) is 9.13 Å². The van der Waals surface area contributed by atoms with E-state index >= 15 is 0 Å². The van der Waals surface area contributed by atoms with Gasteiger partial charge >= 0.3 is 0 Å². The van der Waals surface area contributed by atoms with E-state index in [0.717, 1.165) is 26.2 Å². The van der Waals surface area contributed by atoms with Gasteiger partial charge in [0, 0.05) is 35.8 Å². The molecule has 1 fully saturated rings. The highest BCUT2D eigenvalue weighted by Crippen LogP contribution is 2.12. The summed E-state index contributed by atoms with van der Waals surface area (Å²) in [6, 6.07) is 9.43. The van der Waals surface area contributed by atoms with Gasteiger partial charge in [0.25, 0.3) is 0 Å². The maximum atomic E-state index is 3.42. The Labute approximate surface area is 105 Å².